The molecular weight excluding hydrogens is 405 g/mol. The number of hydrogen-bond donors (Lipinski definition) is 0. The molecule has 6 nitrogen and oxygen atoms in total. The second-order valence-corrected chi connectivity index (χ2v) is 8.17. The van der Waals surface area contributed by atoms with Crippen LogP contribution in [0.4, 0.5) is 19.0 Å². The molecule has 0 amide bonds. The van der Waals surface area contributed by atoms with Gasteiger partial charge in [-0.1, -0.05) is 23.7 Å². The Bertz CT molecular complexity index is 1020. The number of alkyl halides is 3. The van der Waals surface area contributed by atoms with E-state index < -0.39 is 12.0 Å². The molecule has 1 aromatic carbocycles. The van der Waals surface area contributed by atoms with Crippen LogP contribution in [0, 0.1) is 11.8 Å². The molecule has 0 spiro atoms. The first-order valence-electron chi connectivity index (χ1n) is 9.38. The Hall–Kier alpha value is -2.39. The zero-order chi connectivity index (χ0) is 20.2. The van der Waals surface area contributed by atoms with Crippen LogP contribution in [-0.4, -0.2) is 50.9 Å². The van der Waals surface area contributed by atoms with Crippen molar-refractivity contribution in [2.24, 2.45) is 11.8 Å². The minimum Gasteiger partial charge on any atom is -0.355 e. The maximum absolute atomic E-state index is 13.1. The first-order chi connectivity index (χ1) is 13.9. The van der Waals surface area contributed by atoms with Gasteiger partial charge in [0.15, 0.2) is 5.65 Å². The lowest BCUT2D eigenvalue weighted by molar-refractivity contribution is -0.146. The van der Waals surface area contributed by atoms with Crippen LogP contribution in [0.2, 0.25) is 5.02 Å². The fourth-order valence-electron chi connectivity index (χ4n) is 4.38. The van der Waals surface area contributed by atoms with Crippen molar-refractivity contribution in [2.45, 2.75) is 12.7 Å². The molecule has 2 aliphatic rings. The van der Waals surface area contributed by atoms with Crippen LogP contribution < -0.4 is 4.90 Å². The van der Waals surface area contributed by atoms with Crippen LogP contribution in [-0.2, 0) is 12.7 Å². The van der Waals surface area contributed by atoms with Crippen molar-refractivity contribution in [3.05, 3.63) is 52.8 Å². The summed E-state index contributed by atoms with van der Waals surface area (Å²) in [4.78, 5) is 4.49. The number of halogens is 4. The third-order valence-electron chi connectivity index (χ3n) is 5.71. The van der Waals surface area contributed by atoms with Gasteiger partial charge < -0.3 is 4.90 Å². The minimum atomic E-state index is -4.59. The molecule has 2 fully saturated rings. The summed E-state index contributed by atoms with van der Waals surface area (Å²) < 4.78 is 40.1. The van der Waals surface area contributed by atoms with E-state index in [-0.39, 0.29) is 5.65 Å². The SMILES string of the molecule is FC(F)(F)c1nnc2ccc(N3CC4CN(Cc5ccc(Cl)cc5)CC4C3)nn12. The van der Waals surface area contributed by atoms with Crippen LogP contribution >= 0.6 is 11.6 Å². The topological polar surface area (TPSA) is 49.6 Å². The monoisotopic (exact) mass is 422 g/mol. The molecule has 0 radical (unpaired) electrons. The van der Waals surface area contributed by atoms with Crippen LogP contribution in [0.5, 0.6) is 0 Å². The van der Waals surface area contributed by atoms with E-state index in [1.54, 1.807) is 6.07 Å². The molecule has 152 valence electrons. The lowest BCUT2D eigenvalue weighted by atomic mass is 10.0. The average Bonchev–Trinajstić information content (AvgIpc) is 3.35. The van der Waals surface area contributed by atoms with Crippen molar-refractivity contribution in [1.82, 2.24) is 24.7 Å². The predicted octanol–water partition coefficient (Wildman–Crippen LogP) is 3.36. The lowest BCUT2D eigenvalue weighted by Gasteiger charge is -2.22. The first kappa shape index (κ1) is 18.6. The maximum Gasteiger partial charge on any atom is 0.453 e. The second kappa shape index (κ2) is 6.84. The number of aromatic nitrogens is 4. The number of anilines is 1. The summed E-state index contributed by atoms with van der Waals surface area (Å²) in [6, 6.07) is 11.1. The van der Waals surface area contributed by atoms with E-state index in [0.29, 0.717) is 17.7 Å². The number of fused-ring (bicyclic) bond motifs is 2. The Labute approximate surface area is 169 Å². The Kier molecular flexibility index (Phi) is 4.40. The molecule has 2 atom stereocenters. The molecule has 4 heterocycles. The summed E-state index contributed by atoms with van der Waals surface area (Å²) >= 11 is 5.95. The number of likely N-dealkylation sites (tertiary alicyclic amines) is 1. The van der Waals surface area contributed by atoms with Gasteiger partial charge in [-0.15, -0.1) is 15.3 Å². The van der Waals surface area contributed by atoms with Crippen molar-refractivity contribution in [3.8, 4) is 0 Å². The molecule has 0 saturated carbocycles. The van der Waals surface area contributed by atoms with Gasteiger partial charge in [0.05, 0.1) is 0 Å². The summed E-state index contributed by atoms with van der Waals surface area (Å²) in [6.07, 6.45) is -4.59. The van der Waals surface area contributed by atoms with Crippen molar-refractivity contribution in [2.75, 3.05) is 31.1 Å². The van der Waals surface area contributed by atoms with Gasteiger partial charge in [-0.3, -0.25) is 4.90 Å². The third kappa shape index (κ3) is 3.53. The third-order valence-corrected chi connectivity index (χ3v) is 5.96. The molecular formula is C19H18ClF3N6. The van der Waals surface area contributed by atoms with E-state index >= 15 is 0 Å². The zero-order valence-electron chi connectivity index (χ0n) is 15.3. The summed E-state index contributed by atoms with van der Waals surface area (Å²) in [6.45, 7) is 4.37. The molecule has 5 rings (SSSR count). The van der Waals surface area contributed by atoms with E-state index in [4.69, 9.17) is 11.6 Å². The highest BCUT2D eigenvalue weighted by molar-refractivity contribution is 6.30. The number of nitrogens with zero attached hydrogens (tertiary/aromatic N) is 6. The van der Waals surface area contributed by atoms with Gasteiger partial charge in [0.25, 0.3) is 5.82 Å². The summed E-state index contributed by atoms with van der Waals surface area (Å²) in [5.74, 6) is 0.384. The summed E-state index contributed by atoms with van der Waals surface area (Å²) in [5.41, 5.74) is 1.32. The second-order valence-electron chi connectivity index (χ2n) is 7.73. The molecule has 10 heteroatoms. The van der Waals surface area contributed by atoms with Crippen LogP contribution in [0.3, 0.4) is 0 Å². The van der Waals surface area contributed by atoms with Crippen molar-refractivity contribution in [1.29, 1.82) is 0 Å². The van der Waals surface area contributed by atoms with E-state index in [1.165, 1.54) is 11.6 Å². The lowest BCUT2D eigenvalue weighted by Crippen LogP contribution is -2.29. The Balaban J connectivity index is 1.28. The standard InChI is InChI=1S/C19H18ClF3N6/c20-15-3-1-12(2-4-15)7-27-8-13-10-28(11-14(13)9-27)17-6-5-16-24-25-18(19(21,22)23)29(16)26-17/h1-6,13-14H,7-11H2. The fraction of sp³-hybridized carbons (Fsp3) is 0.421. The van der Waals surface area contributed by atoms with E-state index in [1.807, 2.05) is 24.3 Å². The van der Waals surface area contributed by atoms with Crippen LogP contribution in [0.15, 0.2) is 36.4 Å². The van der Waals surface area contributed by atoms with Gasteiger partial charge in [0.2, 0.25) is 0 Å². The number of rotatable bonds is 3. The normalized spacial score (nSPS) is 22.6. The van der Waals surface area contributed by atoms with Gasteiger partial charge >= 0.3 is 6.18 Å². The van der Waals surface area contributed by atoms with Gasteiger partial charge in [0.1, 0.15) is 5.82 Å². The molecule has 0 N–H and O–H groups in total. The highest BCUT2D eigenvalue weighted by atomic mass is 35.5. The molecule has 2 aliphatic heterocycles. The Morgan fingerprint density at radius 3 is 2.28 bits per heavy atom. The summed E-state index contributed by atoms with van der Waals surface area (Å²) in [5, 5.41) is 11.7. The molecule has 29 heavy (non-hydrogen) atoms. The van der Waals surface area contributed by atoms with Crippen molar-refractivity contribution in [3.63, 3.8) is 0 Å². The number of hydrogen-bond acceptors (Lipinski definition) is 5. The minimum absolute atomic E-state index is 0.0922. The predicted molar refractivity (Wildman–Crippen MR) is 102 cm³/mol. The molecule has 2 unspecified atom stereocenters. The van der Waals surface area contributed by atoms with E-state index in [9.17, 15) is 13.2 Å². The maximum atomic E-state index is 13.1. The molecule has 2 saturated heterocycles. The highest BCUT2D eigenvalue weighted by Gasteiger charge is 2.41. The van der Waals surface area contributed by atoms with Crippen LogP contribution in [0.1, 0.15) is 11.4 Å². The fourth-order valence-corrected chi connectivity index (χ4v) is 4.51. The van der Waals surface area contributed by atoms with Crippen molar-refractivity contribution < 1.29 is 13.2 Å². The van der Waals surface area contributed by atoms with Crippen LogP contribution in [0.25, 0.3) is 5.65 Å². The van der Waals surface area contributed by atoms with E-state index in [0.717, 1.165) is 42.3 Å². The molecule has 0 aliphatic carbocycles. The highest BCUT2D eigenvalue weighted by Crippen LogP contribution is 2.34. The van der Waals surface area contributed by atoms with Gasteiger partial charge in [0, 0.05) is 37.7 Å². The number of benzene rings is 1. The van der Waals surface area contributed by atoms with Crippen molar-refractivity contribution >= 4 is 23.1 Å². The first-order valence-corrected chi connectivity index (χ1v) is 9.76. The van der Waals surface area contributed by atoms with Gasteiger partial charge in [-0.2, -0.15) is 17.7 Å². The largest absolute Gasteiger partial charge is 0.453 e. The quantitative estimate of drug-likeness (QED) is 0.647. The average molecular weight is 423 g/mol. The van der Waals surface area contributed by atoms with Gasteiger partial charge in [-0.25, -0.2) is 0 Å². The Morgan fingerprint density at radius 1 is 0.931 bits per heavy atom. The molecule has 0 bridgehead atoms. The van der Waals surface area contributed by atoms with Gasteiger partial charge in [-0.05, 0) is 41.7 Å². The Morgan fingerprint density at radius 2 is 1.62 bits per heavy atom. The summed E-state index contributed by atoms with van der Waals surface area (Å²) in [7, 11) is 0. The van der Waals surface area contributed by atoms with E-state index in [2.05, 4.69) is 25.1 Å². The molecule has 3 aromatic rings. The molecule has 2 aromatic heterocycles. The zero-order valence-corrected chi connectivity index (χ0v) is 16.1. The smallest absolute Gasteiger partial charge is 0.355 e.